The maximum Gasteiger partial charge on any atom is 0.226 e. The van der Waals surface area contributed by atoms with Crippen molar-refractivity contribution >= 4 is 18.2 Å². The van der Waals surface area contributed by atoms with E-state index in [9.17, 15) is 0 Å². The van der Waals surface area contributed by atoms with E-state index >= 15 is 0 Å². The van der Waals surface area contributed by atoms with E-state index in [1.54, 1.807) is 0 Å². The van der Waals surface area contributed by atoms with E-state index in [4.69, 9.17) is 21.7 Å². The summed E-state index contributed by atoms with van der Waals surface area (Å²) in [7, 11) is 0. The minimum absolute atomic E-state index is 0.512. The van der Waals surface area contributed by atoms with E-state index in [-0.39, 0.29) is 0 Å². The summed E-state index contributed by atoms with van der Waals surface area (Å²) in [5, 5.41) is 7.31. The van der Waals surface area contributed by atoms with Crippen molar-refractivity contribution < 1.29 is 9.47 Å². The third kappa shape index (κ3) is 4.04. The molecule has 114 valence electrons. The van der Waals surface area contributed by atoms with E-state index in [2.05, 4.69) is 19.7 Å². The minimum atomic E-state index is 0.512. The Morgan fingerprint density at radius 1 is 1.25 bits per heavy atom. The molecule has 1 N–H and O–H groups in total. The largest absolute Gasteiger partial charge is 0.380 e. The number of nitrogens with zero attached hydrogens (tertiary/aromatic N) is 3. The van der Waals surface area contributed by atoms with Gasteiger partial charge in [-0.05, 0) is 38.9 Å². The lowest BCUT2D eigenvalue weighted by Crippen LogP contribution is -2.33. The molecule has 0 atom stereocenters. The SMILES string of the molecule is CCOCCN(CCOCC)c1n[nH]c(=S)n1C1CC1. The number of ether oxygens (including phenoxy) is 2. The first-order chi connectivity index (χ1) is 9.77. The summed E-state index contributed by atoms with van der Waals surface area (Å²) in [4.78, 5) is 2.19. The Bertz CT molecular complexity index is 445. The molecule has 0 unspecified atom stereocenters. The van der Waals surface area contributed by atoms with E-state index in [1.165, 1.54) is 12.8 Å². The molecule has 1 fully saturated rings. The van der Waals surface area contributed by atoms with Crippen LogP contribution in [0.5, 0.6) is 0 Å². The fourth-order valence-corrected chi connectivity index (χ4v) is 2.41. The first-order valence-electron chi connectivity index (χ1n) is 7.35. The van der Waals surface area contributed by atoms with Crippen molar-refractivity contribution in [2.75, 3.05) is 44.4 Å². The summed E-state index contributed by atoms with van der Waals surface area (Å²) < 4.78 is 13.8. The van der Waals surface area contributed by atoms with E-state index in [1.807, 2.05) is 13.8 Å². The second-order valence-corrected chi connectivity index (χ2v) is 5.20. The quantitative estimate of drug-likeness (QED) is 0.530. The monoisotopic (exact) mass is 300 g/mol. The molecule has 7 heteroatoms. The molecule has 1 saturated carbocycles. The Morgan fingerprint density at radius 3 is 2.35 bits per heavy atom. The van der Waals surface area contributed by atoms with Crippen molar-refractivity contribution in [1.29, 1.82) is 0 Å². The van der Waals surface area contributed by atoms with Crippen molar-refractivity contribution in [3.63, 3.8) is 0 Å². The number of aromatic nitrogens is 3. The van der Waals surface area contributed by atoms with Crippen LogP contribution in [0.4, 0.5) is 5.95 Å². The van der Waals surface area contributed by atoms with Crippen LogP contribution in [0, 0.1) is 4.77 Å². The predicted molar refractivity (Wildman–Crippen MR) is 80.9 cm³/mol. The van der Waals surface area contributed by atoms with Crippen LogP contribution in [0.15, 0.2) is 0 Å². The average molecular weight is 300 g/mol. The number of hydrogen-bond donors (Lipinski definition) is 1. The van der Waals surface area contributed by atoms with Crippen molar-refractivity contribution in [3.05, 3.63) is 4.77 Å². The van der Waals surface area contributed by atoms with Crippen LogP contribution in [-0.2, 0) is 9.47 Å². The molecule has 20 heavy (non-hydrogen) atoms. The lowest BCUT2D eigenvalue weighted by Gasteiger charge is -2.23. The number of nitrogens with one attached hydrogen (secondary N) is 1. The molecule has 6 nitrogen and oxygen atoms in total. The summed E-state index contributed by atoms with van der Waals surface area (Å²) in [5.74, 6) is 0.914. The molecule has 0 amide bonds. The van der Waals surface area contributed by atoms with Gasteiger partial charge in [-0.1, -0.05) is 0 Å². The van der Waals surface area contributed by atoms with Gasteiger partial charge in [-0.2, -0.15) is 0 Å². The Balaban J connectivity index is 2.05. The molecule has 0 aliphatic heterocycles. The van der Waals surface area contributed by atoms with Crippen molar-refractivity contribution in [1.82, 2.24) is 14.8 Å². The van der Waals surface area contributed by atoms with Gasteiger partial charge in [0.05, 0.1) is 13.2 Å². The van der Waals surface area contributed by atoms with Gasteiger partial charge in [0.1, 0.15) is 0 Å². The summed E-state index contributed by atoms with van der Waals surface area (Å²) in [6.45, 7) is 8.44. The van der Waals surface area contributed by atoms with Crippen LogP contribution in [0.2, 0.25) is 0 Å². The third-order valence-electron chi connectivity index (χ3n) is 3.30. The molecule has 2 rings (SSSR count). The van der Waals surface area contributed by atoms with Crippen LogP contribution in [-0.4, -0.2) is 54.3 Å². The molecule has 1 heterocycles. The van der Waals surface area contributed by atoms with Crippen LogP contribution < -0.4 is 4.90 Å². The Hall–Kier alpha value is -0.920. The fraction of sp³-hybridized carbons (Fsp3) is 0.846. The molecule has 1 aromatic heterocycles. The first-order valence-corrected chi connectivity index (χ1v) is 7.76. The number of anilines is 1. The number of hydrogen-bond acceptors (Lipinski definition) is 5. The topological polar surface area (TPSA) is 55.3 Å². The molecular formula is C13H24N4O2S. The predicted octanol–water partition coefficient (Wildman–Crippen LogP) is 2.15. The van der Waals surface area contributed by atoms with Gasteiger partial charge in [-0.25, -0.2) is 5.10 Å². The average Bonchev–Trinajstić information content (AvgIpc) is 3.20. The van der Waals surface area contributed by atoms with Crippen LogP contribution in [0.3, 0.4) is 0 Å². The van der Waals surface area contributed by atoms with Crippen LogP contribution in [0.25, 0.3) is 0 Å². The fourth-order valence-electron chi connectivity index (χ4n) is 2.13. The standard InChI is InChI=1S/C13H24N4O2S/c1-3-18-9-7-16(8-10-19-4-2)12-14-15-13(20)17(12)11-5-6-11/h11H,3-10H2,1-2H3,(H,15,20). The molecule has 1 aliphatic carbocycles. The maximum atomic E-state index is 5.46. The van der Waals surface area contributed by atoms with E-state index in [0.717, 1.165) is 32.3 Å². The highest BCUT2D eigenvalue weighted by atomic mass is 32.1. The van der Waals surface area contributed by atoms with Gasteiger partial charge in [0.25, 0.3) is 0 Å². The highest BCUT2D eigenvalue weighted by molar-refractivity contribution is 7.71. The van der Waals surface area contributed by atoms with Crippen LogP contribution >= 0.6 is 12.2 Å². The molecule has 0 saturated heterocycles. The zero-order chi connectivity index (χ0) is 14.4. The van der Waals surface area contributed by atoms with Gasteiger partial charge in [-0.3, -0.25) is 4.57 Å². The zero-order valence-corrected chi connectivity index (χ0v) is 13.1. The van der Waals surface area contributed by atoms with Gasteiger partial charge < -0.3 is 14.4 Å². The number of aromatic amines is 1. The summed E-state index contributed by atoms with van der Waals surface area (Å²) in [6, 6.07) is 0.512. The highest BCUT2D eigenvalue weighted by Gasteiger charge is 2.29. The molecule has 0 radical (unpaired) electrons. The zero-order valence-electron chi connectivity index (χ0n) is 12.3. The van der Waals surface area contributed by atoms with Gasteiger partial charge in [-0.15, -0.1) is 5.10 Å². The molecule has 0 bridgehead atoms. The van der Waals surface area contributed by atoms with E-state index < -0.39 is 0 Å². The summed E-state index contributed by atoms with van der Waals surface area (Å²) >= 11 is 5.33. The molecule has 0 spiro atoms. The second-order valence-electron chi connectivity index (χ2n) is 4.81. The Labute approximate surface area is 125 Å². The van der Waals surface area contributed by atoms with Gasteiger partial charge >= 0.3 is 0 Å². The number of rotatable bonds is 10. The normalized spacial score (nSPS) is 14.7. The third-order valence-corrected chi connectivity index (χ3v) is 3.59. The van der Waals surface area contributed by atoms with Crippen LogP contribution in [0.1, 0.15) is 32.7 Å². The molecule has 0 aromatic carbocycles. The molecular weight excluding hydrogens is 276 g/mol. The smallest absolute Gasteiger partial charge is 0.226 e. The highest BCUT2D eigenvalue weighted by Crippen LogP contribution is 2.37. The molecule has 1 aromatic rings. The van der Waals surface area contributed by atoms with Crippen molar-refractivity contribution in [3.8, 4) is 0 Å². The Kier molecular flexibility index (Phi) is 6.00. The lowest BCUT2D eigenvalue weighted by atomic mass is 10.5. The Morgan fingerprint density at radius 2 is 1.85 bits per heavy atom. The van der Waals surface area contributed by atoms with Gasteiger partial charge in [0.2, 0.25) is 5.95 Å². The van der Waals surface area contributed by atoms with E-state index in [0.29, 0.717) is 24.0 Å². The summed E-state index contributed by atoms with van der Waals surface area (Å²) in [6.07, 6.45) is 2.37. The lowest BCUT2D eigenvalue weighted by molar-refractivity contribution is 0.140. The van der Waals surface area contributed by atoms with Crippen molar-refractivity contribution in [2.24, 2.45) is 0 Å². The maximum absolute atomic E-state index is 5.46. The van der Waals surface area contributed by atoms with Crippen molar-refractivity contribution in [2.45, 2.75) is 32.7 Å². The first kappa shape index (κ1) is 15.5. The number of H-pyrrole nitrogens is 1. The minimum Gasteiger partial charge on any atom is -0.380 e. The summed E-state index contributed by atoms with van der Waals surface area (Å²) in [5.41, 5.74) is 0. The van der Waals surface area contributed by atoms with Gasteiger partial charge in [0, 0.05) is 32.3 Å². The second kappa shape index (κ2) is 7.75. The molecule has 1 aliphatic rings. The van der Waals surface area contributed by atoms with Gasteiger partial charge in [0.15, 0.2) is 4.77 Å².